The molecule has 1 aromatic heterocycles. The first-order valence-corrected chi connectivity index (χ1v) is 13.0. The predicted molar refractivity (Wildman–Crippen MR) is 154 cm³/mol. The van der Waals surface area contributed by atoms with Crippen LogP contribution in [0.1, 0.15) is 22.6 Å². The highest BCUT2D eigenvalue weighted by Gasteiger charge is 2.25. The molecule has 5 aromatic carbocycles. The molecule has 0 saturated carbocycles. The van der Waals surface area contributed by atoms with Crippen molar-refractivity contribution < 1.29 is 0 Å². The van der Waals surface area contributed by atoms with E-state index in [1.807, 2.05) is 60.7 Å². The Morgan fingerprint density at radius 2 is 0.895 bits per heavy atom. The first kappa shape index (κ1) is 22.3. The highest BCUT2D eigenvalue weighted by atomic mass is 15.0. The van der Waals surface area contributed by atoms with E-state index in [9.17, 15) is 0 Å². The van der Waals surface area contributed by atoms with E-state index in [0.717, 1.165) is 23.1 Å². The molecule has 180 valence electrons. The number of hydrogen-bond acceptors (Lipinski definition) is 3. The number of rotatable bonds is 4. The van der Waals surface area contributed by atoms with Gasteiger partial charge in [-0.25, -0.2) is 15.0 Å². The monoisotopic (exact) mass is 487 g/mol. The zero-order valence-electron chi connectivity index (χ0n) is 20.8. The van der Waals surface area contributed by atoms with Crippen LogP contribution in [-0.2, 0) is 6.42 Å². The number of hydrogen-bond donors (Lipinski definition) is 0. The third-order valence-corrected chi connectivity index (χ3v) is 7.34. The number of fused-ring (bicyclic) bond motifs is 3. The van der Waals surface area contributed by atoms with Gasteiger partial charge in [-0.3, -0.25) is 0 Å². The molecule has 6 aromatic rings. The van der Waals surface area contributed by atoms with Gasteiger partial charge >= 0.3 is 0 Å². The molecule has 0 aliphatic heterocycles. The van der Waals surface area contributed by atoms with Gasteiger partial charge in [0.15, 0.2) is 17.5 Å². The molecule has 1 aliphatic carbocycles. The number of aromatic nitrogens is 3. The van der Waals surface area contributed by atoms with E-state index in [-0.39, 0.29) is 0 Å². The maximum absolute atomic E-state index is 4.89. The van der Waals surface area contributed by atoms with Gasteiger partial charge in [-0.15, -0.1) is 0 Å². The van der Waals surface area contributed by atoms with Gasteiger partial charge in [0.2, 0.25) is 0 Å². The molecule has 0 spiro atoms. The molecule has 38 heavy (non-hydrogen) atoms. The van der Waals surface area contributed by atoms with Crippen LogP contribution >= 0.6 is 0 Å². The van der Waals surface area contributed by atoms with Crippen LogP contribution in [-0.4, -0.2) is 15.0 Å². The molecule has 3 heteroatoms. The van der Waals surface area contributed by atoms with E-state index >= 15 is 0 Å². The van der Waals surface area contributed by atoms with Crippen molar-refractivity contribution in [3.8, 4) is 45.3 Å². The second-order valence-electron chi connectivity index (χ2n) is 9.66. The largest absolute Gasteiger partial charge is 0.208 e. The molecule has 0 N–H and O–H groups in total. The molecule has 3 nitrogen and oxygen atoms in total. The Bertz CT molecular complexity index is 1670. The summed E-state index contributed by atoms with van der Waals surface area (Å²) in [6.07, 6.45) is 0.995. The van der Waals surface area contributed by atoms with E-state index < -0.39 is 0 Å². The van der Waals surface area contributed by atoms with Crippen LogP contribution in [0.2, 0.25) is 0 Å². The predicted octanol–water partition coefficient (Wildman–Crippen LogP) is 8.23. The van der Waals surface area contributed by atoms with E-state index in [1.165, 1.54) is 27.8 Å². The topological polar surface area (TPSA) is 38.7 Å². The lowest BCUT2D eigenvalue weighted by atomic mass is 9.76. The third kappa shape index (κ3) is 4.08. The minimum atomic E-state index is 0.313. The normalized spacial score (nSPS) is 13.9. The van der Waals surface area contributed by atoms with Gasteiger partial charge in [0.1, 0.15) is 0 Å². The zero-order valence-corrected chi connectivity index (χ0v) is 20.8. The quantitative estimate of drug-likeness (QED) is 0.251. The van der Waals surface area contributed by atoms with Gasteiger partial charge in [0.05, 0.1) is 0 Å². The Morgan fingerprint density at radius 3 is 1.50 bits per heavy atom. The molecule has 0 radical (unpaired) electrons. The van der Waals surface area contributed by atoms with E-state index in [1.54, 1.807) is 0 Å². The van der Waals surface area contributed by atoms with E-state index in [4.69, 9.17) is 15.0 Å². The van der Waals surface area contributed by atoms with Crippen molar-refractivity contribution >= 4 is 0 Å². The van der Waals surface area contributed by atoms with Crippen LogP contribution in [0.5, 0.6) is 0 Å². The van der Waals surface area contributed by atoms with Gasteiger partial charge in [-0.1, -0.05) is 133 Å². The standard InChI is InChI=1S/C35H25N3/c1-3-11-25(12-4-1)33-36-34(26-13-5-2-6-14-26)38-35(37-33)27-21-19-24(20-22-27)32-23-28-15-7-8-16-29(28)30-17-9-10-18-31(30)32/h1-22,32H,23H2. The van der Waals surface area contributed by atoms with Crippen LogP contribution in [0.15, 0.2) is 133 Å². The van der Waals surface area contributed by atoms with Crippen molar-refractivity contribution in [2.24, 2.45) is 0 Å². The second-order valence-corrected chi connectivity index (χ2v) is 9.66. The maximum Gasteiger partial charge on any atom is 0.164 e. The maximum atomic E-state index is 4.89. The minimum Gasteiger partial charge on any atom is -0.208 e. The van der Waals surface area contributed by atoms with Crippen molar-refractivity contribution in [2.75, 3.05) is 0 Å². The summed E-state index contributed by atoms with van der Waals surface area (Å²) >= 11 is 0. The molecule has 7 rings (SSSR count). The van der Waals surface area contributed by atoms with E-state index in [0.29, 0.717) is 23.4 Å². The van der Waals surface area contributed by atoms with Gasteiger partial charge in [0, 0.05) is 22.6 Å². The summed E-state index contributed by atoms with van der Waals surface area (Å²) in [6, 6.07) is 46.5. The van der Waals surface area contributed by atoms with Gasteiger partial charge in [-0.2, -0.15) is 0 Å². The summed E-state index contributed by atoms with van der Waals surface area (Å²) in [7, 11) is 0. The fourth-order valence-corrected chi connectivity index (χ4v) is 5.44. The number of nitrogens with zero attached hydrogens (tertiary/aromatic N) is 3. The average Bonchev–Trinajstić information content (AvgIpc) is 3.01. The van der Waals surface area contributed by atoms with Crippen LogP contribution in [0.25, 0.3) is 45.3 Å². The van der Waals surface area contributed by atoms with Crippen LogP contribution in [0, 0.1) is 0 Å². The summed E-state index contributed by atoms with van der Waals surface area (Å²) in [4.78, 5) is 14.6. The van der Waals surface area contributed by atoms with Crippen molar-refractivity contribution in [1.82, 2.24) is 15.0 Å². The van der Waals surface area contributed by atoms with Crippen molar-refractivity contribution in [2.45, 2.75) is 12.3 Å². The second kappa shape index (κ2) is 9.53. The first-order chi connectivity index (χ1) is 18.8. The van der Waals surface area contributed by atoms with Crippen LogP contribution < -0.4 is 0 Å². The summed E-state index contributed by atoms with van der Waals surface area (Å²) in [5.41, 5.74) is 9.70. The molecular weight excluding hydrogens is 462 g/mol. The Labute approximate surface area is 222 Å². The van der Waals surface area contributed by atoms with Crippen LogP contribution in [0.3, 0.4) is 0 Å². The van der Waals surface area contributed by atoms with Crippen molar-refractivity contribution in [1.29, 1.82) is 0 Å². The minimum absolute atomic E-state index is 0.313. The smallest absolute Gasteiger partial charge is 0.164 e. The molecule has 1 atom stereocenters. The fourth-order valence-electron chi connectivity index (χ4n) is 5.44. The third-order valence-electron chi connectivity index (χ3n) is 7.34. The highest BCUT2D eigenvalue weighted by Crippen LogP contribution is 2.42. The lowest BCUT2D eigenvalue weighted by molar-refractivity contribution is 0.794. The Kier molecular flexibility index (Phi) is 5.60. The van der Waals surface area contributed by atoms with Crippen molar-refractivity contribution in [3.63, 3.8) is 0 Å². The Balaban J connectivity index is 1.29. The molecule has 0 amide bonds. The Morgan fingerprint density at radius 1 is 0.421 bits per heavy atom. The van der Waals surface area contributed by atoms with Crippen molar-refractivity contribution in [3.05, 3.63) is 150 Å². The average molecular weight is 488 g/mol. The highest BCUT2D eigenvalue weighted by molar-refractivity contribution is 5.75. The molecule has 1 unspecified atom stereocenters. The lowest BCUT2D eigenvalue weighted by Gasteiger charge is -2.28. The molecule has 0 fully saturated rings. The van der Waals surface area contributed by atoms with E-state index in [2.05, 4.69) is 72.8 Å². The Hall–Kier alpha value is -4.89. The lowest BCUT2D eigenvalue weighted by Crippen LogP contribution is -2.12. The summed E-state index contributed by atoms with van der Waals surface area (Å²) in [5, 5.41) is 0. The van der Waals surface area contributed by atoms with Gasteiger partial charge in [-0.05, 0) is 34.2 Å². The summed E-state index contributed by atoms with van der Waals surface area (Å²) in [5.74, 6) is 2.35. The first-order valence-electron chi connectivity index (χ1n) is 13.0. The summed E-state index contributed by atoms with van der Waals surface area (Å²) in [6.45, 7) is 0. The molecule has 1 heterocycles. The summed E-state index contributed by atoms with van der Waals surface area (Å²) < 4.78 is 0. The number of benzene rings is 5. The molecular formula is C35H25N3. The fraction of sp³-hybridized carbons (Fsp3) is 0.0571. The van der Waals surface area contributed by atoms with Gasteiger partial charge in [0.25, 0.3) is 0 Å². The van der Waals surface area contributed by atoms with Gasteiger partial charge < -0.3 is 0 Å². The zero-order chi connectivity index (χ0) is 25.3. The SMILES string of the molecule is c1ccc(-c2nc(-c3ccccc3)nc(-c3ccc(C4Cc5ccccc5-c5ccccc54)cc3)n2)cc1. The molecule has 1 aliphatic rings. The van der Waals surface area contributed by atoms with Crippen LogP contribution in [0.4, 0.5) is 0 Å². The molecule has 0 bridgehead atoms. The molecule has 0 saturated heterocycles.